The van der Waals surface area contributed by atoms with Gasteiger partial charge in [0.2, 0.25) is 5.91 Å². The van der Waals surface area contributed by atoms with Crippen LogP contribution in [-0.2, 0) is 21.4 Å². The summed E-state index contributed by atoms with van der Waals surface area (Å²) in [6.07, 6.45) is 6.78. The highest BCUT2D eigenvalue weighted by Gasteiger charge is 2.44. The molecule has 0 radical (unpaired) electrons. The molecular formula is C21H26N4O3. The van der Waals surface area contributed by atoms with Crippen LogP contribution in [0.5, 0.6) is 0 Å². The molecule has 3 heterocycles. The maximum absolute atomic E-state index is 12.7. The Morgan fingerprint density at radius 2 is 2.11 bits per heavy atom. The minimum Gasteiger partial charge on any atom is -0.369 e. The zero-order chi connectivity index (χ0) is 19.7. The number of nitrogens with zero attached hydrogens (tertiary/aromatic N) is 3. The summed E-state index contributed by atoms with van der Waals surface area (Å²) in [5, 5.41) is 0. The van der Waals surface area contributed by atoms with E-state index in [2.05, 4.69) is 9.97 Å². The molecule has 1 N–H and O–H groups in total. The Bertz CT molecular complexity index is 915. The Morgan fingerprint density at radius 3 is 2.79 bits per heavy atom. The second-order valence-corrected chi connectivity index (χ2v) is 8.00. The normalized spacial score (nSPS) is 17.9. The van der Waals surface area contributed by atoms with E-state index in [0.29, 0.717) is 18.9 Å². The zero-order valence-corrected chi connectivity index (χ0v) is 16.4. The number of ether oxygens (including phenoxy) is 1. The molecule has 1 saturated heterocycles. The van der Waals surface area contributed by atoms with Crippen molar-refractivity contribution in [3.8, 4) is 11.4 Å². The molecule has 4 rings (SSSR count). The Labute approximate surface area is 164 Å². The van der Waals surface area contributed by atoms with Crippen LogP contribution in [0.2, 0.25) is 0 Å². The number of H-pyrrole nitrogens is 1. The van der Waals surface area contributed by atoms with Gasteiger partial charge in [-0.3, -0.25) is 14.6 Å². The number of rotatable bonds is 4. The number of hydrogen-bond donors (Lipinski definition) is 1. The van der Waals surface area contributed by atoms with Gasteiger partial charge in [-0.15, -0.1) is 0 Å². The summed E-state index contributed by atoms with van der Waals surface area (Å²) < 4.78 is 5.46. The Morgan fingerprint density at radius 1 is 1.32 bits per heavy atom. The molecule has 0 atom stereocenters. The third kappa shape index (κ3) is 3.46. The van der Waals surface area contributed by atoms with E-state index in [4.69, 9.17) is 9.72 Å². The molecule has 2 aliphatic rings. The molecule has 2 aromatic heterocycles. The molecule has 148 valence electrons. The van der Waals surface area contributed by atoms with E-state index < -0.39 is 0 Å². The second kappa shape index (κ2) is 7.47. The van der Waals surface area contributed by atoms with E-state index in [0.717, 1.165) is 42.5 Å². The van der Waals surface area contributed by atoms with Gasteiger partial charge in [0.25, 0.3) is 5.56 Å². The first-order valence-electron chi connectivity index (χ1n) is 9.92. The van der Waals surface area contributed by atoms with Crippen molar-refractivity contribution in [1.82, 2.24) is 19.9 Å². The molecule has 0 bridgehead atoms. The summed E-state index contributed by atoms with van der Waals surface area (Å²) in [4.78, 5) is 38.8. The van der Waals surface area contributed by atoms with Crippen LogP contribution in [-0.4, -0.2) is 51.6 Å². The number of aromatic nitrogens is 3. The minimum absolute atomic E-state index is 0.0386. The van der Waals surface area contributed by atoms with Crippen molar-refractivity contribution in [2.75, 3.05) is 19.7 Å². The van der Waals surface area contributed by atoms with Crippen molar-refractivity contribution in [1.29, 1.82) is 0 Å². The van der Waals surface area contributed by atoms with Gasteiger partial charge in [0, 0.05) is 42.0 Å². The minimum atomic E-state index is -0.115. The quantitative estimate of drug-likeness (QED) is 0.874. The Hall–Kier alpha value is -2.54. The van der Waals surface area contributed by atoms with Crippen LogP contribution >= 0.6 is 0 Å². The standard InChI is InChI=1S/C21H26N4O3/c1-14(2)28-13-17(26)25-10-7-21(8-11-25)6-5-16-18(21)23-19(24-20(16)27)15-4-3-9-22-12-15/h3-4,9,12,14H,5-8,10-11,13H2,1-2H3,(H,23,24,27). The average Bonchev–Trinajstić information content (AvgIpc) is 3.06. The van der Waals surface area contributed by atoms with Crippen molar-refractivity contribution < 1.29 is 9.53 Å². The van der Waals surface area contributed by atoms with Crippen molar-refractivity contribution in [2.24, 2.45) is 0 Å². The monoisotopic (exact) mass is 382 g/mol. The number of amides is 1. The van der Waals surface area contributed by atoms with Crippen LogP contribution in [0.4, 0.5) is 0 Å². The van der Waals surface area contributed by atoms with Gasteiger partial charge in [0.1, 0.15) is 12.4 Å². The lowest BCUT2D eigenvalue weighted by atomic mass is 9.76. The van der Waals surface area contributed by atoms with Gasteiger partial charge in [-0.1, -0.05) is 0 Å². The highest BCUT2D eigenvalue weighted by molar-refractivity contribution is 5.77. The van der Waals surface area contributed by atoms with E-state index in [1.165, 1.54) is 0 Å². The predicted octanol–water partition coefficient (Wildman–Crippen LogP) is 2.06. The van der Waals surface area contributed by atoms with E-state index >= 15 is 0 Å². The van der Waals surface area contributed by atoms with Crippen molar-refractivity contribution in [2.45, 2.75) is 51.0 Å². The number of carbonyl (C=O) groups excluding carboxylic acids is 1. The van der Waals surface area contributed by atoms with Gasteiger partial charge in [-0.25, -0.2) is 4.98 Å². The van der Waals surface area contributed by atoms with E-state index in [9.17, 15) is 9.59 Å². The maximum Gasteiger partial charge on any atom is 0.254 e. The predicted molar refractivity (Wildman–Crippen MR) is 105 cm³/mol. The first-order valence-corrected chi connectivity index (χ1v) is 9.92. The van der Waals surface area contributed by atoms with Crippen molar-refractivity contribution in [3.05, 3.63) is 46.1 Å². The van der Waals surface area contributed by atoms with E-state index in [-0.39, 0.29) is 29.6 Å². The number of aromatic amines is 1. The smallest absolute Gasteiger partial charge is 0.254 e. The van der Waals surface area contributed by atoms with Crippen LogP contribution in [0.1, 0.15) is 44.4 Å². The van der Waals surface area contributed by atoms with Crippen molar-refractivity contribution in [3.63, 3.8) is 0 Å². The van der Waals surface area contributed by atoms with Crippen LogP contribution in [0, 0.1) is 0 Å². The molecule has 0 unspecified atom stereocenters. The maximum atomic E-state index is 12.7. The Kier molecular flexibility index (Phi) is 5.02. The van der Waals surface area contributed by atoms with Gasteiger partial charge in [0.05, 0.1) is 11.8 Å². The van der Waals surface area contributed by atoms with Crippen LogP contribution < -0.4 is 5.56 Å². The number of likely N-dealkylation sites (tertiary alicyclic amines) is 1. The lowest BCUT2D eigenvalue weighted by Crippen LogP contribution is -2.46. The van der Waals surface area contributed by atoms with Crippen LogP contribution in [0.15, 0.2) is 29.3 Å². The fraction of sp³-hybridized carbons (Fsp3) is 0.524. The number of piperidine rings is 1. The number of nitrogens with one attached hydrogen (secondary N) is 1. The molecule has 0 saturated carbocycles. The Balaban J connectivity index is 1.56. The summed E-state index contributed by atoms with van der Waals surface area (Å²) in [5.74, 6) is 0.610. The average molecular weight is 382 g/mol. The van der Waals surface area contributed by atoms with Crippen molar-refractivity contribution >= 4 is 5.91 Å². The fourth-order valence-electron chi connectivity index (χ4n) is 4.29. The highest BCUT2D eigenvalue weighted by Crippen LogP contribution is 2.44. The van der Waals surface area contributed by atoms with Gasteiger partial charge in [-0.05, 0) is 51.7 Å². The first-order chi connectivity index (χ1) is 13.5. The lowest BCUT2D eigenvalue weighted by molar-refractivity contribution is -0.139. The van der Waals surface area contributed by atoms with Crippen LogP contribution in [0.25, 0.3) is 11.4 Å². The first kappa shape index (κ1) is 18.8. The molecule has 7 heteroatoms. The molecule has 1 fully saturated rings. The molecule has 1 aliphatic carbocycles. The molecule has 1 amide bonds. The summed E-state index contributed by atoms with van der Waals surface area (Å²) in [6, 6.07) is 3.73. The molecule has 28 heavy (non-hydrogen) atoms. The van der Waals surface area contributed by atoms with Crippen LogP contribution in [0.3, 0.4) is 0 Å². The third-order valence-electron chi connectivity index (χ3n) is 5.92. The summed E-state index contributed by atoms with van der Waals surface area (Å²) >= 11 is 0. The molecule has 1 aliphatic heterocycles. The molecule has 2 aromatic rings. The fourth-order valence-corrected chi connectivity index (χ4v) is 4.29. The second-order valence-electron chi connectivity index (χ2n) is 8.00. The number of hydrogen-bond acceptors (Lipinski definition) is 5. The summed E-state index contributed by atoms with van der Waals surface area (Å²) in [6.45, 7) is 5.34. The van der Waals surface area contributed by atoms with E-state index in [1.807, 2.05) is 30.9 Å². The number of pyridine rings is 1. The molecule has 0 aromatic carbocycles. The van der Waals surface area contributed by atoms with E-state index in [1.54, 1.807) is 12.4 Å². The molecule has 7 nitrogen and oxygen atoms in total. The largest absolute Gasteiger partial charge is 0.369 e. The highest BCUT2D eigenvalue weighted by atomic mass is 16.5. The SMILES string of the molecule is CC(C)OCC(=O)N1CCC2(CCc3c2nc(-c2cccnc2)[nH]c3=O)CC1. The summed E-state index contributed by atoms with van der Waals surface area (Å²) in [7, 11) is 0. The van der Waals surface area contributed by atoms with Gasteiger partial charge >= 0.3 is 0 Å². The number of fused-ring (bicyclic) bond motifs is 2. The van der Waals surface area contributed by atoms with Gasteiger partial charge in [0.15, 0.2) is 0 Å². The number of carbonyl (C=O) groups is 1. The topological polar surface area (TPSA) is 88.2 Å². The molecular weight excluding hydrogens is 356 g/mol. The third-order valence-corrected chi connectivity index (χ3v) is 5.92. The lowest BCUT2D eigenvalue weighted by Gasteiger charge is -2.39. The summed E-state index contributed by atoms with van der Waals surface area (Å²) in [5.41, 5.74) is 2.36. The zero-order valence-electron chi connectivity index (χ0n) is 16.4. The van der Waals surface area contributed by atoms with Gasteiger partial charge < -0.3 is 14.6 Å². The molecule has 1 spiro atoms. The van der Waals surface area contributed by atoms with Gasteiger partial charge in [-0.2, -0.15) is 0 Å².